The lowest BCUT2D eigenvalue weighted by atomic mass is 9.98. The Morgan fingerprint density at radius 2 is 1.85 bits per heavy atom. The lowest BCUT2D eigenvalue weighted by Gasteiger charge is -2.16. The monoisotopic (exact) mass is 266 g/mol. The summed E-state index contributed by atoms with van der Waals surface area (Å²) in [5, 5.41) is 2.39. The van der Waals surface area contributed by atoms with E-state index in [-0.39, 0.29) is 6.04 Å². The Hall–Kier alpha value is -2.10. The molecule has 3 N–H and O–H groups in total. The van der Waals surface area contributed by atoms with Gasteiger partial charge in [0, 0.05) is 6.42 Å². The molecular weight excluding hydrogens is 248 g/mol. The number of aryl methyl sites for hydroxylation is 1. The van der Waals surface area contributed by atoms with Gasteiger partial charge in [0.1, 0.15) is 17.6 Å². The lowest BCUT2D eigenvalue weighted by Crippen LogP contribution is -2.28. The first kappa shape index (κ1) is 12.9. The zero-order chi connectivity index (χ0) is 13.9. The SMILES string of the molecule is CCc1ccc(C(NN)c2cccc3ccccc23)o1. The largest absolute Gasteiger partial charge is 0.464 e. The normalized spacial score (nSPS) is 12.7. The van der Waals surface area contributed by atoms with Crippen molar-refractivity contribution in [1.29, 1.82) is 0 Å². The van der Waals surface area contributed by atoms with Crippen molar-refractivity contribution in [2.45, 2.75) is 19.4 Å². The molecule has 3 rings (SSSR count). The molecule has 0 aliphatic carbocycles. The maximum absolute atomic E-state index is 5.85. The zero-order valence-corrected chi connectivity index (χ0v) is 11.5. The summed E-state index contributed by atoms with van der Waals surface area (Å²) in [6.07, 6.45) is 0.882. The summed E-state index contributed by atoms with van der Waals surface area (Å²) in [5.74, 6) is 7.59. The van der Waals surface area contributed by atoms with Crippen molar-refractivity contribution in [3.63, 3.8) is 0 Å². The number of furan rings is 1. The maximum atomic E-state index is 5.85. The molecule has 1 aromatic heterocycles. The Labute approximate surface area is 118 Å². The second-order valence-corrected chi connectivity index (χ2v) is 4.83. The van der Waals surface area contributed by atoms with Crippen LogP contribution in [0.5, 0.6) is 0 Å². The highest BCUT2D eigenvalue weighted by Gasteiger charge is 2.18. The summed E-state index contributed by atoms with van der Waals surface area (Å²) in [6, 6.07) is 18.4. The molecule has 102 valence electrons. The van der Waals surface area contributed by atoms with Gasteiger partial charge in [-0.15, -0.1) is 0 Å². The minimum absolute atomic E-state index is 0.138. The van der Waals surface area contributed by atoms with Gasteiger partial charge in [-0.3, -0.25) is 5.84 Å². The second-order valence-electron chi connectivity index (χ2n) is 4.83. The quantitative estimate of drug-likeness (QED) is 0.561. The van der Waals surface area contributed by atoms with Gasteiger partial charge < -0.3 is 4.42 Å². The Kier molecular flexibility index (Phi) is 3.54. The molecule has 1 atom stereocenters. The van der Waals surface area contributed by atoms with E-state index in [0.29, 0.717) is 0 Å². The van der Waals surface area contributed by atoms with Gasteiger partial charge in [0.2, 0.25) is 0 Å². The van der Waals surface area contributed by atoms with Crippen LogP contribution in [0.2, 0.25) is 0 Å². The van der Waals surface area contributed by atoms with E-state index in [2.05, 4.69) is 36.6 Å². The fourth-order valence-electron chi connectivity index (χ4n) is 2.57. The van der Waals surface area contributed by atoms with Crippen molar-refractivity contribution >= 4 is 10.8 Å². The van der Waals surface area contributed by atoms with Gasteiger partial charge >= 0.3 is 0 Å². The molecule has 0 spiro atoms. The van der Waals surface area contributed by atoms with Crippen molar-refractivity contribution in [1.82, 2.24) is 5.43 Å². The topological polar surface area (TPSA) is 51.2 Å². The van der Waals surface area contributed by atoms with Crippen LogP contribution in [-0.2, 0) is 6.42 Å². The second kappa shape index (κ2) is 5.49. The Morgan fingerprint density at radius 3 is 2.60 bits per heavy atom. The molecule has 0 radical (unpaired) electrons. The molecule has 3 heteroatoms. The number of benzene rings is 2. The number of fused-ring (bicyclic) bond motifs is 1. The standard InChI is InChI=1S/C17H18N2O/c1-2-13-10-11-16(20-13)17(19-18)15-9-5-7-12-6-3-4-8-14(12)15/h3-11,17,19H,2,18H2,1H3. The molecule has 0 aliphatic heterocycles. The molecule has 3 aromatic rings. The van der Waals surface area contributed by atoms with Crippen molar-refractivity contribution in [2.24, 2.45) is 5.84 Å². The lowest BCUT2D eigenvalue weighted by molar-refractivity contribution is 0.426. The summed E-state index contributed by atoms with van der Waals surface area (Å²) in [5.41, 5.74) is 4.00. The molecule has 1 unspecified atom stereocenters. The number of nitrogens with one attached hydrogen (secondary N) is 1. The smallest absolute Gasteiger partial charge is 0.126 e. The van der Waals surface area contributed by atoms with Crippen molar-refractivity contribution < 1.29 is 4.42 Å². The number of hydrazine groups is 1. The molecule has 2 aromatic carbocycles. The Bertz CT molecular complexity index is 712. The molecule has 0 aliphatic rings. The molecular formula is C17H18N2O. The maximum Gasteiger partial charge on any atom is 0.126 e. The molecule has 3 nitrogen and oxygen atoms in total. The van der Waals surface area contributed by atoms with Crippen LogP contribution in [0.3, 0.4) is 0 Å². The predicted octanol–water partition coefficient (Wildman–Crippen LogP) is 3.55. The molecule has 20 heavy (non-hydrogen) atoms. The van der Waals surface area contributed by atoms with Gasteiger partial charge in [-0.2, -0.15) is 0 Å². The van der Waals surface area contributed by atoms with Crippen LogP contribution in [0.1, 0.15) is 30.0 Å². The Morgan fingerprint density at radius 1 is 1.05 bits per heavy atom. The fourth-order valence-corrected chi connectivity index (χ4v) is 2.57. The molecule has 0 bridgehead atoms. The first-order chi connectivity index (χ1) is 9.83. The number of nitrogens with two attached hydrogens (primary N) is 1. The van der Waals surface area contributed by atoms with E-state index in [9.17, 15) is 0 Å². The summed E-state index contributed by atoms with van der Waals surface area (Å²) < 4.78 is 5.85. The number of hydrogen-bond donors (Lipinski definition) is 2. The van der Waals surface area contributed by atoms with Gasteiger partial charge in [-0.05, 0) is 28.5 Å². The summed E-state index contributed by atoms with van der Waals surface area (Å²) in [6.45, 7) is 2.07. The molecule has 0 saturated heterocycles. The van der Waals surface area contributed by atoms with E-state index in [4.69, 9.17) is 10.3 Å². The van der Waals surface area contributed by atoms with Crippen LogP contribution in [0.4, 0.5) is 0 Å². The Balaban J connectivity index is 2.11. The van der Waals surface area contributed by atoms with Crippen LogP contribution in [0.15, 0.2) is 59.0 Å². The van der Waals surface area contributed by atoms with Gasteiger partial charge in [0.15, 0.2) is 0 Å². The third-order valence-corrected chi connectivity index (χ3v) is 3.62. The van der Waals surface area contributed by atoms with Gasteiger partial charge in [-0.25, -0.2) is 5.43 Å². The van der Waals surface area contributed by atoms with Crippen LogP contribution in [0.25, 0.3) is 10.8 Å². The van der Waals surface area contributed by atoms with Crippen molar-refractivity contribution in [2.75, 3.05) is 0 Å². The van der Waals surface area contributed by atoms with Crippen molar-refractivity contribution in [3.8, 4) is 0 Å². The minimum Gasteiger partial charge on any atom is -0.464 e. The van der Waals surface area contributed by atoms with Crippen LogP contribution in [0, 0.1) is 0 Å². The highest BCUT2D eigenvalue weighted by molar-refractivity contribution is 5.86. The average molecular weight is 266 g/mol. The van der Waals surface area contributed by atoms with Crippen molar-refractivity contribution in [3.05, 3.63) is 71.7 Å². The average Bonchev–Trinajstić information content (AvgIpc) is 2.97. The molecule has 1 heterocycles. The van der Waals surface area contributed by atoms with E-state index in [1.165, 1.54) is 10.8 Å². The van der Waals surface area contributed by atoms with E-state index < -0.39 is 0 Å². The van der Waals surface area contributed by atoms with E-state index in [0.717, 1.165) is 23.5 Å². The first-order valence-corrected chi connectivity index (χ1v) is 6.86. The van der Waals surface area contributed by atoms with Gasteiger partial charge in [0.05, 0.1) is 0 Å². The van der Waals surface area contributed by atoms with Gasteiger partial charge in [0.25, 0.3) is 0 Å². The number of hydrogen-bond acceptors (Lipinski definition) is 3. The highest BCUT2D eigenvalue weighted by Crippen LogP contribution is 2.29. The third kappa shape index (κ3) is 2.22. The minimum atomic E-state index is -0.138. The molecule has 0 amide bonds. The highest BCUT2D eigenvalue weighted by atomic mass is 16.3. The summed E-state index contributed by atoms with van der Waals surface area (Å²) in [7, 11) is 0. The predicted molar refractivity (Wildman–Crippen MR) is 81.2 cm³/mol. The first-order valence-electron chi connectivity index (χ1n) is 6.86. The van der Waals surface area contributed by atoms with E-state index >= 15 is 0 Å². The molecule has 0 fully saturated rings. The van der Waals surface area contributed by atoms with Gasteiger partial charge in [-0.1, -0.05) is 49.4 Å². The van der Waals surface area contributed by atoms with Crippen LogP contribution < -0.4 is 11.3 Å². The molecule has 0 saturated carbocycles. The van der Waals surface area contributed by atoms with Crippen LogP contribution >= 0.6 is 0 Å². The van der Waals surface area contributed by atoms with E-state index in [1.54, 1.807) is 0 Å². The zero-order valence-electron chi connectivity index (χ0n) is 11.5. The summed E-state index contributed by atoms with van der Waals surface area (Å²) in [4.78, 5) is 0. The van der Waals surface area contributed by atoms with E-state index in [1.807, 2.05) is 30.3 Å². The van der Waals surface area contributed by atoms with Crippen LogP contribution in [-0.4, -0.2) is 0 Å². The fraction of sp³-hybridized carbons (Fsp3) is 0.176. The number of rotatable bonds is 4. The third-order valence-electron chi connectivity index (χ3n) is 3.62. The summed E-state index contributed by atoms with van der Waals surface area (Å²) >= 11 is 0.